The molecule has 3 heteroatoms. The molecule has 0 saturated heterocycles. The van der Waals surface area contributed by atoms with Crippen LogP contribution in [0.25, 0.3) is 0 Å². The van der Waals surface area contributed by atoms with Gasteiger partial charge in [0.1, 0.15) is 0 Å². The molecule has 1 aliphatic heterocycles. The predicted octanol–water partition coefficient (Wildman–Crippen LogP) is 3.79. The Kier molecular flexibility index (Phi) is 6.01. The summed E-state index contributed by atoms with van der Waals surface area (Å²) in [6.07, 6.45) is 8.49. The number of allylic oxidation sites excluding steroid dienone is 1. The zero-order valence-electron chi connectivity index (χ0n) is 8.87. The van der Waals surface area contributed by atoms with Gasteiger partial charge < -0.3 is 0 Å². The fourth-order valence-corrected chi connectivity index (χ4v) is 1.84. The average molecular weight is 220 g/mol. The van der Waals surface area contributed by atoms with Gasteiger partial charge in [0.05, 0.1) is 6.67 Å². The molecule has 0 bridgehead atoms. The third kappa shape index (κ3) is 3.09. The topological polar surface area (TPSA) is 12.4 Å². The number of nitrogens with zero attached hydrogens (tertiary/aromatic N) is 1. The molecule has 82 valence electrons. The second-order valence-electron chi connectivity index (χ2n) is 4.03. The molecule has 0 spiro atoms. The molecule has 0 amide bonds. The number of aliphatic imine (C=N–C) groups is 1. The van der Waals surface area contributed by atoms with Crippen LogP contribution in [0.4, 0.5) is 4.39 Å². The van der Waals surface area contributed by atoms with Gasteiger partial charge in [-0.3, -0.25) is 9.38 Å². The van der Waals surface area contributed by atoms with Crippen LogP contribution in [-0.2, 0) is 0 Å². The lowest BCUT2D eigenvalue weighted by Crippen LogP contribution is -2.27. The summed E-state index contributed by atoms with van der Waals surface area (Å²) in [4.78, 5) is 4.06. The summed E-state index contributed by atoms with van der Waals surface area (Å²) in [5, 5.41) is 0. The lowest BCUT2D eigenvalue weighted by molar-refractivity contribution is 0.237. The van der Waals surface area contributed by atoms with E-state index in [0.29, 0.717) is 12.3 Å². The Morgan fingerprint density at radius 2 is 2.21 bits per heavy atom. The normalized spacial score (nSPS) is 25.1. The van der Waals surface area contributed by atoms with Crippen LogP contribution < -0.4 is 0 Å². The van der Waals surface area contributed by atoms with Crippen molar-refractivity contribution in [1.82, 2.24) is 0 Å². The van der Waals surface area contributed by atoms with Crippen molar-refractivity contribution >= 4 is 18.6 Å². The average Bonchev–Trinajstić information content (AvgIpc) is 2.16. The van der Waals surface area contributed by atoms with E-state index < -0.39 is 0 Å². The molecule has 0 aliphatic carbocycles. The smallest absolute Gasteiger partial charge is 0.0894 e. The Morgan fingerprint density at radius 1 is 1.50 bits per heavy atom. The maximum atomic E-state index is 12.1. The molecule has 0 fully saturated rings. The Bertz CT molecular complexity index is 213. The zero-order valence-corrected chi connectivity index (χ0v) is 9.69. The summed E-state index contributed by atoms with van der Waals surface area (Å²) >= 11 is 0. The molecule has 0 saturated carbocycles. The maximum absolute atomic E-state index is 12.1. The van der Waals surface area contributed by atoms with Crippen molar-refractivity contribution in [3.05, 3.63) is 12.3 Å². The molecule has 0 radical (unpaired) electrons. The van der Waals surface area contributed by atoms with E-state index in [1.54, 1.807) is 0 Å². The van der Waals surface area contributed by atoms with E-state index in [1.165, 1.54) is 0 Å². The van der Waals surface area contributed by atoms with Gasteiger partial charge in [0, 0.05) is 12.4 Å². The third-order valence-corrected chi connectivity index (χ3v) is 2.99. The molecule has 0 aromatic heterocycles. The fourth-order valence-electron chi connectivity index (χ4n) is 1.84. The van der Waals surface area contributed by atoms with Crippen LogP contribution in [0.1, 0.15) is 33.1 Å². The number of halogens is 2. The number of hydrogen-bond donors (Lipinski definition) is 0. The van der Waals surface area contributed by atoms with Crippen molar-refractivity contribution in [3.8, 4) is 0 Å². The van der Waals surface area contributed by atoms with Gasteiger partial charge in [-0.1, -0.05) is 19.9 Å². The Labute approximate surface area is 91.9 Å². The van der Waals surface area contributed by atoms with Crippen molar-refractivity contribution in [2.45, 2.75) is 33.1 Å². The van der Waals surface area contributed by atoms with Gasteiger partial charge in [-0.05, 0) is 30.6 Å². The molecule has 1 rings (SSSR count). The van der Waals surface area contributed by atoms with Crippen LogP contribution in [0, 0.1) is 11.3 Å². The quantitative estimate of drug-likeness (QED) is 0.682. The van der Waals surface area contributed by atoms with Crippen LogP contribution in [0.5, 0.6) is 0 Å². The number of alkyl halides is 1. The summed E-state index contributed by atoms with van der Waals surface area (Å²) < 4.78 is 12.1. The van der Waals surface area contributed by atoms with Gasteiger partial charge in [-0.2, -0.15) is 0 Å². The SMILES string of the molecule is CC(C)C1(CCCF)C=CN=CC1.Cl. The minimum Gasteiger partial charge on any atom is -0.269 e. The number of rotatable bonds is 4. The summed E-state index contributed by atoms with van der Waals surface area (Å²) in [6, 6.07) is 0. The largest absolute Gasteiger partial charge is 0.269 e. The summed E-state index contributed by atoms with van der Waals surface area (Å²) in [6.45, 7) is 4.18. The first-order valence-electron chi connectivity index (χ1n) is 4.96. The van der Waals surface area contributed by atoms with Crippen molar-refractivity contribution in [2.75, 3.05) is 6.67 Å². The van der Waals surface area contributed by atoms with Gasteiger partial charge in [0.15, 0.2) is 0 Å². The predicted molar refractivity (Wildman–Crippen MR) is 62.0 cm³/mol. The molecule has 1 aliphatic rings. The third-order valence-electron chi connectivity index (χ3n) is 2.99. The highest BCUT2D eigenvalue weighted by Gasteiger charge is 2.30. The maximum Gasteiger partial charge on any atom is 0.0894 e. The summed E-state index contributed by atoms with van der Waals surface area (Å²) in [5.74, 6) is 0.557. The molecule has 14 heavy (non-hydrogen) atoms. The van der Waals surface area contributed by atoms with Gasteiger partial charge in [0.2, 0.25) is 0 Å². The van der Waals surface area contributed by atoms with Crippen LogP contribution in [0.15, 0.2) is 17.3 Å². The Hall–Kier alpha value is -0.370. The molecule has 1 atom stereocenters. The second kappa shape index (κ2) is 6.18. The molecule has 1 unspecified atom stereocenters. The highest BCUT2D eigenvalue weighted by Crippen LogP contribution is 2.38. The molecule has 0 N–H and O–H groups in total. The van der Waals surface area contributed by atoms with E-state index in [9.17, 15) is 4.39 Å². The van der Waals surface area contributed by atoms with Crippen LogP contribution in [-0.4, -0.2) is 12.9 Å². The Morgan fingerprint density at radius 3 is 2.64 bits per heavy atom. The highest BCUT2D eigenvalue weighted by atomic mass is 35.5. The van der Waals surface area contributed by atoms with E-state index in [-0.39, 0.29) is 24.5 Å². The monoisotopic (exact) mass is 219 g/mol. The van der Waals surface area contributed by atoms with Crippen LogP contribution in [0.2, 0.25) is 0 Å². The van der Waals surface area contributed by atoms with Crippen molar-refractivity contribution < 1.29 is 4.39 Å². The van der Waals surface area contributed by atoms with Gasteiger partial charge in [-0.25, -0.2) is 0 Å². The molecule has 0 aromatic rings. The first kappa shape index (κ1) is 13.6. The van der Waals surface area contributed by atoms with Gasteiger partial charge >= 0.3 is 0 Å². The highest BCUT2D eigenvalue weighted by molar-refractivity contribution is 5.85. The minimum absolute atomic E-state index is 0. The minimum atomic E-state index is -0.209. The van der Waals surface area contributed by atoms with Crippen LogP contribution >= 0.6 is 12.4 Å². The standard InChI is InChI=1S/C11H18FN.ClH/c1-10(2)11(4-3-7-12)5-8-13-9-6-11;/h5,8-10H,3-4,6-7H2,1-2H3;1H. The van der Waals surface area contributed by atoms with Crippen molar-refractivity contribution in [2.24, 2.45) is 16.3 Å². The molecule has 1 nitrogen and oxygen atoms in total. The summed E-state index contributed by atoms with van der Waals surface area (Å²) in [7, 11) is 0. The van der Waals surface area contributed by atoms with Gasteiger partial charge in [0.25, 0.3) is 0 Å². The molecule has 0 aromatic carbocycles. The Balaban J connectivity index is 0.00000169. The second-order valence-corrected chi connectivity index (χ2v) is 4.03. The first-order valence-corrected chi connectivity index (χ1v) is 4.96. The lowest BCUT2D eigenvalue weighted by atomic mass is 9.71. The van der Waals surface area contributed by atoms with Crippen molar-refractivity contribution in [1.29, 1.82) is 0 Å². The fraction of sp³-hybridized carbons (Fsp3) is 0.727. The van der Waals surface area contributed by atoms with E-state index in [4.69, 9.17) is 0 Å². The van der Waals surface area contributed by atoms with Crippen LogP contribution in [0.3, 0.4) is 0 Å². The molecular formula is C11H19ClFN. The zero-order chi connectivity index (χ0) is 9.73. The van der Waals surface area contributed by atoms with Gasteiger partial charge in [-0.15, -0.1) is 12.4 Å². The van der Waals surface area contributed by atoms with Crippen molar-refractivity contribution in [3.63, 3.8) is 0 Å². The first-order chi connectivity index (χ1) is 6.21. The van der Waals surface area contributed by atoms with E-state index >= 15 is 0 Å². The van der Waals surface area contributed by atoms with E-state index in [1.807, 2.05) is 12.4 Å². The lowest BCUT2D eigenvalue weighted by Gasteiger charge is -2.34. The summed E-state index contributed by atoms with van der Waals surface area (Å²) in [5.41, 5.74) is 0.161. The number of hydrogen-bond acceptors (Lipinski definition) is 1. The van der Waals surface area contributed by atoms with E-state index in [2.05, 4.69) is 24.9 Å². The molecular weight excluding hydrogens is 201 g/mol. The molecule has 1 heterocycles. The van der Waals surface area contributed by atoms with E-state index in [0.717, 1.165) is 12.8 Å².